The molecule has 2 heterocycles. The second-order valence-corrected chi connectivity index (χ2v) is 10.2. The number of carbonyl (C=O) groups excluding carboxylic acids is 3. The number of hydrogen-bond donors (Lipinski definition) is 2. The number of nitrogens with one attached hydrogen (secondary N) is 2. The van der Waals surface area contributed by atoms with Gasteiger partial charge in [0, 0.05) is 55.6 Å². The molecule has 0 aliphatic carbocycles. The number of benzene rings is 1. The molecule has 0 bridgehead atoms. The van der Waals surface area contributed by atoms with E-state index in [1.54, 1.807) is 30.0 Å². The van der Waals surface area contributed by atoms with E-state index in [4.69, 9.17) is 4.74 Å². The number of nitrogens with zero attached hydrogens (tertiary/aromatic N) is 3. The van der Waals surface area contributed by atoms with Crippen LogP contribution < -0.4 is 10.6 Å². The van der Waals surface area contributed by atoms with Gasteiger partial charge in [0.25, 0.3) is 0 Å². The van der Waals surface area contributed by atoms with E-state index in [1.165, 1.54) is 11.0 Å². The number of esters is 1. The quantitative estimate of drug-likeness (QED) is 0.582. The summed E-state index contributed by atoms with van der Waals surface area (Å²) in [5.74, 6) is -1.10. The zero-order valence-electron chi connectivity index (χ0n) is 22.1. The highest BCUT2D eigenvalue weighted by Gasteiger charge is 2.40. The first-order valence-corrected chi connectivity index (χ1v) is 12.5. The second kappa shape index (κ2) is 11.3. The van der Waals surface area contributed by atoms with Crippen molar-refractivity contribution in [3.05, 3.63) is 46.9 Å². The maximum atomic E-state index is 14.8. The van der Waals surface area contributed by atoms with Crippen LogP contribution in [-0.4, -0.2) is 83.6 Å². The monoisotopic (exact) mass is 503 g/mol. The number of urea groups is 2. The molecule has 0 spiro atoms. The topological polar surface area (TPSA) is 94.2 Å². The van der Waals surface area contributed by atoms with Crippen molar-refractivity contribution in [1.82, 2.24) is 25.3 Å². The van der Waals surface area contributed by atoms with Crippen molar-refractivity contribution < 1.29 is 23.5 Å². The fraction of sp³-hybridized carbons (Fsp3) is 0.577. The van der Waals surface area contributed by atoms with Crippen LogP contribution in [0.5, 0.6) is 0 Å². The number of hydrogen-bond acceptors (Lipinski definition) is 5. The third kappa shape index (κ3) is 6.16. The van der Waals surface area contributed by atoms with Crippen LogP contribution in [0.15, 0.2) is 35.5 Å². The number of rotatable bonds is 6. The summed E-state index contributed by atoms with van der Waals surface area (Å²) >= 11 is 0. The van der Waals surface area contributed by atoms with Crippen molar-refractivity contribution in [3.63, 3.8) is 0 Å². The van der Waals surface area contributed by atoms with Gasteiger partial charge in [-0.25, -0.2) is 18.8 Å². The Labute approximate surface area is 212 Å². The van der Waals surface area contributed by atoms with Gasteiger partial charge in [-0.05, 0) is 47.6 Å². The van der Waals surface area contributed by atoms with Crippen LogP contribution >= 0.6 is 0 Å². The van der Waals surface area contributed by atoms with E-state index >= 15 is 0 Å². The Morgan fingerprint density at radius 3 is 2.47 bits per heavy atom. The van der Waals surface area contributed by atoms with Crippen LogP contribution in [0.3, 0.4) is 0 Å². The Kier molecular flexibility index (Phi) is 8.60. The number of amides is 4. The van der Waals surface area contributed by atoms with Gasteiger partial charge in [0.05, 0.1) is 18.2 Å². The summed E-state index contributed by atoms with van der Waals surface area (Å²) in [6.07, 6.45) is 0. The largest absolute Gasteiger partial charge is 0.463 e. The van der Waals surface area contributed by atoms with Crippen LogP contribution in [-0.2, 0) is 9.53 Å². The second-order valence-electron chi connectivity index (χ2n) is 10.2. The zero-order chi connectivity index (χ0) is 26.6. The van der Waals surface area contributed by atoms with Gasteiger partial charge in [0.2, 0.25) is 0 Å². The van der Waals surface area contributed by atoms with Crippen molar-refractivity contribution in [2.45, 2.75) is 59.2 Å². The molecule has 1 saturated heterocycles. The molecule has 2 aliphatic heterocycles. The minimum atomic E-state index is -0.966. The SMILES string of the molecule is CCOC(=O)C1=C(CN2CCN(C(=O)NC(C)(C)C)[C@@H](C)C2)N(CC)C(=O)N[C@@H]1c1ccccc1F. The summed E-state index contributed by atoms with van der Waals surface area (Å²) in [6.45, 7) is 13.7. The van der Waals surface area contributed by atoms with Gasteiger partial charge in [-0.3, -0.25) is 9.80 Å². The van der Waals surface area contributed by atoms with Crippen molar-refractivity contribution in [3.8, 4) is 0 Å². The third-order valence-corrected chi connectivity index (χ3v) is 6.29. The van der Waals surface area contributed by atoms with Gasteiger partial charge in [-0.15, -0.1) is 0 Å². The Balaban J connectivity index is 1.94. The molecule has 36 heavy (non-hydrogen) atoms. The first kappa shape index (κ1) is 27.4. The molecule has 4 amide bonds. The molecule has 2 atom stereocenters. The van der Waals surface area contributed by atoms with Gasteiger partial charge in [-0.1, -0.05) is 18.2 Å². The van der Waals surface area contributed by atoms with Crippen molar-refractivity contribution >= 4 is 18.0 Å². The van der Waals surface area contributed by atoms with Gasteiger partial charge < -0.3 is 20.3 Å². The molecule has 10 heteroatoms. The number of likely N-dealkylation sites (N-methyl/N-ethyl adjacent to an activating group) is 1. The lowest BCUT2D eigenvalue weighted by atomic mass is 9.93. The average molecular weight is 504 g/mol. The Bertz CT molecular complexity index is 1020. The van der Waals surface area contributed by atoms with E-state index < -0.39 is 23.9 Å². The molecule has 198 valence electrons. The maximum Gasteiger partial charge on any atom is 0.338 e. The van der Waals surface area contributed by atoms with E-state index in [1.807, 2.05) is 34.6 Å². The van der Waals surface area contributed by atoms with Gasteiger partial charge >= 0.3 is 18.0 Å². The number of piperazine rings is 1. The van der Waals surface area contributed by atoms with E-state index in [-0.39, 0.29) is 35.4 Å². The fourth-order valence-electron chi connectivity index (χ4n) is 4.68. The van der Waals surface area contributed by atoms with Crippen LogP contribution in [0, 0.1) is 5.82 Å². The molecular weight excluding hydrogens is 465 g/mol. The molecule has 0 radical (unpaired) electrons. The summed E-state index contributed by atoms with van der Waals surface area (Å²) in [5, 5.41) is 5.80. The highest BCUT2D eigenvalue weighted by atomic mass is 19.1. The molecule has 0 aromatic heterocycles. The number of halogens is 1. The van der Waals surface area contributed by atoms with Gasteiger partial charge in [0.1, 0.15) is 5.82 Å². The molecule has 1 fully saturated rings. The van der Waals surface area contributed by atoms with E-state index in [2.05, 4.69) is 15.5 Å². The first-order chi connectivity index (χ1) is 17.0. The summed E-state index contributed by atoms with van der Waals surface area (Å²) in [7, 11) is 0. The summed E-state index contributed by atoms with van der Waals surface area (Å²) in [4.78, 5) is 44.4. The highest BCUT2D eigenvalue weighted by Crippen LogP contribution is 2.33. The lowest BCUT2D eigenvalue weighted by molar-refractivity contribution is -0.139. The molecule has 1 aromatic rings. The molecule has 9 nitrogen and oxygen atoms in total. The minimum Gasteiger partial charge on any atom is -0.463 e. The summed E-state index contributed by atoms with van der Waals surface area (Å²) in [6, 6.07) is 4.54. The Morgan fingerprint density at radius 2 is 1.89 bits per heavy atom. The molecule has 3 rings (SSSR count). The van der Waals surface area contributed by atoms with E-state index in [0.29, 0.717) is 38.4 Å². The van der Waals surface area contributed by atoms with E-state index in [0.717, 1.165) is 0 Å². The number of carbonyl (C=O) groups is 3. The van der Waals surface area contributed by atoms with Gasteiger partial charge in [-0.2, -0.15) is 0 Å². The summed E-state index contributed by atoms with van der Waals surface area (Å²) in [5.41, 5.74) is 0.586. The standard InChI is InChI=1S/C26H38FN5O4/c1-7-31-20(16-30-13-14-32(17(3)15-30)25(35)29-26(4,5)6)21(23(33)36-8-2)22(28-24(31)34)18-11-9-10-12-19(18)27/h9-12,17,22H,7-8,13-16H2,1-6H3,(H,28,34)(H,29,35)/t17-,22+/m0/s1. The molecule has 0 unspecified atom stereocenters. The molecule has 0 saturated carbocycles. The van der Waals surface area contributed by atoms with Gasteiger partial charge in [0.15, 0.2) is 0 Å². The van der Waals surface area contributed by atoms with E-state index in [9.17, 15) is 18.8 Å². The average Bonchev–Trinajstić information content (AvgIpc) is 2.78. The third-order valence-electron chi connectivity index (χ3n) is 6.29. The predicted octanol–water partition coefficient (Wildman–Crippen LogP) is 3.24. The normalized spacial score (nSPS) is 21.4. The number of ether oxygens (including phenoxy) is 1. The Hall–Kier alpha value is -3.14. The lowest BCUT2D eigenvalue weighted by Crippen LogP contribution is -2.59. The van der Waals surface area contributed by atoms with Crippen molar-refractivity contribution in [2.75, 3.05) is 39.3 Å². The zero-order valence-corrected chi connectivity index (χ0v) is 22.1. The molecule has 2 N–H and O–H groups in total. The fourth-order valence-corrected chi connectivity index (χ4v) is 4.68. The molecule has 2 aliphatic rings. The first-order valence-electron chi connectivity index (χ1n) is 12.5. The molecule has 1 aromatic carbocycles. The Morgan fingerprint density at radius 1 is 1.19 bits per heavy atom. The van der Waals surface area contributed by atoms with Crippen LogP contribution in [0.25, 0.3) is 0 Å². The van der Waals surface area contributed by atoms with Crippen LogP contribution in [0.2, 0.25) is 0 Å². The molecular formula is C26H38FN5O4. The van der Waals surface area contributed by atoms with Crippen molar-refractivity contribution in [1.29, 1.82) is 0 Å². The minimum absolute atomic E-state index is 0.0809. The van der Waals surface area contributed by atoms with Crippen LogP contribution in [0.1, 0.15) is 53.1 Å². The predicted molar refractivity (Wildman–Crippen MR) is 135 cm³/mol. The summed E-state index contributed by atoms with van der Waals surface area (Å²) < 4.78 is 20.1. The maximum absolute atomic E-state index is 14.8. The van der Waals surface area contributed by atoms with Crippen molar-refractivity contribution in [2.24, 2.45) is 0 Å². The lowest BCUT2D eigenvalue weighted by Gasteiger charge is -2.43. The highest BCUT2D eigenvalue weighted by molar-refractivity contribution is 5.95. The van der Waals surface area contributed by atoms with Crippen LogP contribution in [0.4, 0.5) is 14.0 Å². The smallest absolute Gasteiger partial charge is 0.338 e.